The molecule has 0 amide bonds. The zero-order chi connectivity index (χ0) is 11.8. The lowest BCUT2D eigenvalue weighted by molar-refractivity contribution is 0.0858. The first-order chi connectivity index (χ1) is 8.26. The minimum atomic E-state index is 0.343. The van der Waals surface area contributed by atoms with Crippen molar-refractivity contribution in [2.75, 3.05) is 0 Å². The summed E-state index contributed by atoms with van der Waals surface area (Å²) in [6.07, 6.45) is 5.56. The van der Waals surface area contributed by atoms with Gasteiger partial charge in [-0.05, 0) is 53.7 Å². The van der Waals surface area contributed by atoms with Crippen molar-refractivity contribution in [3.63, 3.8) is 0 Å². The van der Waals surface area contributed by atoms with Crippen molar-refractivity contribution < 1.29 is 4.74 Å². The van der Waals surface area contributed by atoms with Crippen molar-refractivity contribution >= 4 is 27.3 Å². The summed E-state index contributed by atoms with van der Waals surface area (Å²) in [7, 11) is 0. The van der Waals surface area contributed by atoms with Crippen LogP contribution in [-0.2, 0) is 11.2 Å². The van der Waals surface area contributed by atoms with E-state index < -0.39 is 0 Å². The second-order valence-electron chi connectivity index (χ2n) is 4.96. The van der Waals surface area contributed by atoms with Crippen molar-refractivity contribution in [2.45, 2.75) is 43.9 Å². The minimum Gasteiger partial charge on any atom is -0.375 e. The molecule has 3 nitrogen and oxygen atoms in total. The fourth-order valence-corrected chi connectivity index (χ4v) is 4.65. The lowest BCUT2D eigenvalue weighted by Crippen LogP contribution is -2.45. The highest BCUT2D eigenvalue weighted by atomic mass is 79.9. The normalized spacial score (nSPS) is 33.2. The van der Waals surface area contributed by atoms with Gasteiger partial charge in [0.05, 0.1) is 16.0 Å². The Kier molecular flexibility index (Phi) is 3.54. The van der Waals surface area contributed by atoms with Gasteiger partial charge in [0.2, 0.25) is 0 Å². The highest BCUT2D eigenvalue weighted by Gasteiger charge is 2.44. The van der Waals surface area contributed by atoms with Crippen LogP contribution in [0.5, 0.6) is 0 Å². The molecule has 0 aromatic carbocycles. The molecule has 0 spiro atoms. The monoisotopic (exact) mass is 316 g/mol. The average Bonchev–Trinajstić information content (AvgIpc) is 3.01. The number of hydrogen-bond acceptors (Lipinski definition) is 4. The zero-order valence-corrected chi connectivity index (χ0v) is 12.0. The minimum absolute atomic E-state index is 0.343. The summed E-state index contributed by atoms with van der Waals surface area (Å²) < 4.78 is 7.10. The van der Waals surface area contributed by atoms with Crippen LogP contribution >= 0.6 is 27.3 Å². The Morgan fingerprint density at radius 1 is 1.53 bits per heavy atom. The molecule has 2 aliphatic heterocycles. The van der Waals surface area contributed by atoms with Gasteiger partial charge in [-0.15, -0.1) is 11.3 Å². The molecule has 2 fully saturated rings. The van der Waals surface area contributed by atoms with E-state index in [1.54, 1.807) is 11.3 Å². The van der Waals surface area contributed by atoms with Crippen LogP contribution in [0.2, 0.25) is 0 Å². The highest BCUT2D eigenvalue weighted by molar-refractivity contribution is 9.11. The lowest BCUT2D eigenvalue weighted by Gasteiger charge is -2.27. The molecule has 0 aliphatic carbocycles. The van der Waals surface area contributed by atoms with Gasteiger partial charge in [0.1, 0.15) is 0 Å². The molecule has 4 atom stereocenters. The van der Waals surface area contributed by atoms with Crippen LogP contribution in [0.15, 0.2) is 15.9 Å². The molecular formula is C12H17BrN2OS. The summed E-state index contributed by atoms with van der Waals surface area (Å²) in [5, 5.41) is 0. The maximum atomic E-state index is 5.91. The number of fused-ring (bicyclic) bond motifs is 2. The number of halogens is 1. The summed E-state index contributed by atoms with van der Waals surface area (Å²) in [5.41, 5.74) is 3.00. The smallest absolute Gasteiger partial charge is 0.0701 e. The van der Waals surface area contributed by atoms with E-state index in [1.807, 2.05) is 0 Å². The van der Waals surface area contributed by atoms with Crippen LogP contribution in [0, 0.1) is 5.92 Å². The summed E-state index contributed by atoms with van der Waals surface area (Å²) in [4.78, 5) is 1.38. The van der Waals surface area contributed by atoms with E-state index in [2.05, 4.69) is 33.5 Å². The molecule has 2 bridgehead atoms. The molecule has 3 heterocycles. The van der Waals surface area contributed by atoms with Crippen molar-refractivity contribution in [3.05, 3.63) is 20.8 Å². The van der Waals surface area contributed by atoms with Crippen LogP contribution in [0.4, 0.5) is 0 Å². The van der Waals surface area contributed by atoms with Gasteiger partial charge >= 0.3 is 0 Å². The molecule has 0 saturated carbocycles. The number of ether oxygens (including phenoxy) is 1. The van der Waals surface area contributed by atoms with Gasteiger partial charge in [-0.3, -0.25) is 11.3 Å². The number of thiophene rings is 1. The molecule has 1 aromatic rings. The standard InChI is InChI=1S/C12H17BrN2OS/c13-12-4-2-8(17-12)6-10(15-14)9-5-7-1-3-11(9)16-7/h2,4,7,9-11,15H,1,3,5-6,14H2. The van der Waals surface area contributed by atoms with E-state index in [-0.39, 0.29) is 0 Å². The SMILES string of the molecule is NNC(Cc1ccc(Br)s1)C1CC2CCC1O2. The Labute approximate surface area is 114 Å². The molecule has 3 N–H and O–H groups in total. The van der Waals surface area contributed by atoms with Crippen molar-refractivity contribution in [2.24, 2.45) is 11.8 Å². The third-order valence-corrected chi connectivity index (χ3v) is 5.58. The van der Waals surface area contributed by atoms with E-state index >= 15 is 0 Å². The molecular weight excluding hydrogens is 300 g/mol. The molecule has 0 radical (unpaired) electrons. The van der Waals surface area contributed by atoms with E-state index in [0.717, 1.165) is 6.42 Å². The summed E-state index contributed by atoms with van der Waals surface area (Å²) in [5.74, 6) is 6.31. The number of hydrazine groups is 1. The number of hydrogen-bond donors (Lipinski definition) is 2. The molecule has 94 valence electrons. The third kappa shape index (κ3) is 2.44. The second-order valence-corrected chi connectivity index (χ2v) is 7.50. The van der Waals surface area contributed by atoms with Crippen LogP contribution < -0.4 is 11.3 Å². The molecule has 5 heteroatoms. The molecule has 3 rings (SSSR count). The zero-order valence-electron chi connectivity index (χ0n) is 9.56. The van der Waals surface area contributed by atoms with E-state index in [0.29, 0.717) is 24.2 Å². The fraction of sp³-hybridized carbons (Fsp3) is 0.667. The second kappa shape index (κ2) is 4.97. The fourth-order valence-electron chi connectivity index (χ4n) is 3.11. The summed E-state index contributed by atoms with van der Waals surface area (Å²) in [6.45, 7) is 0. The van der Waals surface area contributed by atoms with Crippen LogP contribution in [-0.4, -0.2) is 18.2 Å². The van der Waals surface area contributed by atoms with E-state index in [4.69, 9.17) is 10.6 Å². The molecule has 2 saturated heterocycles. The van der Waals surface area contributed by atoms with Gasteiger partial charge in [-0.2, -0.15) is 0 Å². The first-order valence-electron chi connectivity index (χ1n) is 6.12. The molecule has 2 aliphatic rings. The van der Waals surface area contributed by atoms with E-state index in [9.17, 15) is 0 Å². The first-order valence-corrected chi connectivity index (χ1v) is 7.73. The van der Waals surface area contributed by atoms with Gasteiger partial charge in [-0.1, -0.05) is 0 Å². The van der Waals surface area contributed by atoms with Crippen LogP contribution in [0.25, 0.3) is 0 Å². The maximum Gasteiger partial charge on any atom is 0.0701 e. The third-order valence-electron chi connectivity index (χ3n) is 3.93. The maximum absolute atomic E-state index is 5.91. The van der Waals surface area contributed by atoms with Gasteiger partial charge in [-0.25, -0.2) is 0 Å². The van der Waals surface area contributed by atoms with Crippen molar-refractivity contribution in [3.8, 4) is 0 Å². The lowest BCUT2D eigenvalue weighted by atomic mass is 9.82. The molecule has 4 unspecified atom stereocenters. The predicted molar refractivity (Wildman–Crippen MR) is 72.8 cm³/mol. The van der Waals surface area contributed by atoms with Crippen LogP contribution in [0.1, 0.15) is 24.1 Å². The Morgan fingerprint density at radius 3 is 2.94 bits per heavy atom. The average molecular weight is 317 g/mol. The number of nitrogens with two attached hydrogens (primary N) is 1. The van der Waals surface area contributed by atoms with E-state index in [1.165, 1.54) is 27.9 Å². The molecule has 17 heavy (non-hydrogen) atoms. The van der Waals surface area contributed by atoms with Gasteiger partial charge in [0.25, 0.3) is 0 Å². The largest absolute Gasteiger partial charge is 0.375 e. The Balaban J connectivity index is 1.67. The summed E-state index contributed by atoms with van der Waals surface area (Å²) in [6, 6.07) is 4.62. The summed E-state index contributed by atoms with van der Waals surface area (Å²) >= 11 is 5.29. The predicted octanol–water partition coefficient (Wildman–Crippen LogP) is 2.45. The topological polar surface area (TPSA) is 47.3 Å². The quantitative estimate of drug-likeness (QED) is 0.662. The first kappa shape index (κ1) is 12.1. The van der Waals surface area contributed by atoms with Gasteiger partial charge < -0.3 is 4.74 Å². The highest BCUT2D eigenvalue weighted by Crippen LogP contribution is 2.41. The van der Waals surface area contributed by atoms with Crippen molar-refractivity contribution in [1.29, 1.82) is 0 Å². The van der Waals surface area contributed by atoms with Gasteiger partial charge in [0.15, 0.2) is 0 Å². The Bertz CT molecular complexity index is 398. The van der Waals surface area contributed by atoms with Crippen molar-refractivity contribution in [1.82, 2.24) is 5.43 Å². The number of rotatable bonds is 4. The number of nitrogens with one attached hydrogen (secondary N) is 1. The Morgan fingerprint density at radius 2 is 2.41 bits per heavy atom. The Hall–Kier alpha value is 0.0600. The van der Waals surface area contributed by atoms with Gasteiger partial charge in [0, 0.05) is 16.8 Å². The van der Waals surface area contributed by atoms with Crippen LogP contribution in [0.3, 0.4) is 0 Å². The molecule has 1 aromatic heterocycles.